The smallest absolute Gasteiger partial charge is 0.227 e. The second kappa shape index (κ2) is 7.72. The second-order valence-corrected chi connectivity index (χ2v) is 6.53. The minimum atomic E-state index is -2.19. The predicted octanol–water partition coefficient (Wildman–Crippen LogP) is 3.93. The fraction of sp³-hybridized carbons (Fsp3) is 0.278. The largest absolute Gasteiger partial charge is 0.363 e. The van der Waals surface area contributed by atoms with Crippen LogP contribution in [0.3, 0.4) is 0 Å². The fourth-order valence-electron chi connectivity index (χ4n) is 2.94. The number of halogens is 6. The summed E-state index contributed by atoms with van der Waals surface area (Å²) in [5.41, 5.74) is -0.206. The summed E-state index contributed by atoms with van der Waals surface area (Å²) in [6.07, 6.45) is 0.125. The molecule has 1 aliphatic heterocycles. The van der Waals surface area contributed by atoms with E-state index in [9.17, 15) is 26.7 Å². The Balaban J connectivity index is 1.69. The van der Waals surface area contributed by atoms with Gasteiger partial charge in [-0.25, -0.2) is 22.0 Å². The highest BCUT2D eigenvalue weighted by atomic mass is 35.5. The van der Waals surface area contributed by atoms with Crippen molar-refractivity contribution in [3.05, 3.63) is 63.9 Å². The summed E-state index contributed by atoms with van der Waals surface area (Å²) in [5.74, 6) is -10.1. The van der Waals surface area contributed by atoms with Crippen LogP contribution in [0.25, 0.3) is 0 Å². The van der Waals surface area contributed by atoms with Gasteiger partial charge in [-0.3, -0.25) is 4.79 Å². The van der Waals surface area contributed by atoms with E-state index in [0.29, 0.717) is 5.02 Å². The van der Waals surface area contributed by atoms with Crippen molar-refractivity contribution in [3.8, 4) is 0 Å². The number of benzene rings is 2. The molecule has 0 atom stereocenters. The summed E-state index contributed by atoms with van der Waals surface area (Å²) in [5, 5.41) is 0.544. The number of rotatable bonds is 3. The van der Waals surface area contributed by atoms with E-state index in [1.165, 1.54) is 4.90 Å². The average Bonchev–Trinajstić information content (AvgIpc) is 2.67. The third-order valence-electron chi connectivity index (χ3n) is 4.40. The lowest BCUT2D eigenvalue weighted by atomic mass is 10.1. The molecule has 0 bridgehead atoms. The molecule has 1 amide bonds. The topological polar surface area (TPSA) is 23.6 Å². The molecule has 0 spiro atoms. The number of carbonyl (C=O) groups excluding carboxylic acids is 1. The Hall–Kier alpha value is -2.35. The van der Waals surface area contributed by atoms with E-state index < -0.39 is 34.8 Å². The Labute approximate surface area is 156 Å². The standard InChI is InChI=1S/C18H14ClF5N2O/c19-11-3-1-10(2-4-11)9-12(27)25-5-7-26(8-6-25)18-16(23)14(21)13(20)15(22)17(18)24/h1-4H,5-9H2. The summed E-state index contributed by atoms with van der Waals surface area (Å²) in [6.45, 7) is 0.104. The molecule has 0 aromatic heterocycles. The Bertz CT molecular complexity index is 838. The maximum Gasteiger partial charge on any atom is 0.227 e. The van der Waals surface area contributed by atoms with Crippen molar-refractivity contribution < 1.29 is 26.7 Å². The van der Waals surface area contributed by atoms with Gasteiger partial charge in [0.2, 0.25) is 11.7 Å². The van der Waals surface area contributed by atoms with Crippen molar-refractivity contribution in [2.24, 2.45) is 0 Å². The molecule has 27 heavy (non-hydrogen) atoms. The molecule has 2 aromatic carbocycles. The van der Waals surface area contributed by atoms with Crippen LogP contribution in [0, 0.1) is 29.1 Å². The van der Waals surface area contributed by atoms with E-state index in [2.05, 4.69) is 0 Å². The Morgan fingerprint density at radius 2 is 1.30 bits per heavy atom. The van der Waals surface area contributed by atoms with Crippen LogP contribution in [0.4, 0.5) is 27.6 Å². The molecule has 1 heterocycles. The van der Waals surface area contributed by atoms with Gasteiger partial charge in [0.05, 0.1) is 6.42 Å². The van der Waals surface area contributed by atoms with Gasteiger partial charge in [-0.2, -0.15) is 0 Å². The van der Waals surface area contributed by atoms with Crippen LogP contribution in [-0.2, 0) is 11.2 Å². The third kappa shape index (κ3) is 3.85. The summed E-state index contributed by atoms with van der Waals surface area (Å²) in [4.78, 5) is 14.9. The van der Waals surface area contributed by atoms with Crippen molar-refractivity contribution in [3.63, 3.8) is 0 Å². The molecule has 0 unspecified atom stereocenters. The number of nitrogens with zero attached hydrogens (tertiary/aromatic N) is 2. The van der Waals surface area contributed by atoms with E-state index >= 15 is 0 Å². The molecule has 0 N–H and O–H groups in total. The lowest BCUT2D eigenvalue weighted by Crippen LogP contribution is -2.49. The van der Waals surface area contributed by atoms with Gasteiger partial charge in [0, 0.05) is 31.2 Å². The zero-order chi connectivity index (χ0) is 19.7. The average molecular weight is 405 g/mol. The molecule has 9 heteroatoms. The molecule has 144 valence electrons. The van der Waals surface area contributed by atoms with Gasteiger partial charge in [0.15, 0.2) is 23.3 Å². The number of hydrogen-bond acceptors (Lipinski definition) is 2. The fourth-order valence-corrected chi connectivity index (χ4v) is 3.07. The molecular formula is C18H14ClF5N2O. The highest BCUT2D eigenvalue weighted by molar-refractivity contribution is 6.30. The molecule has 1 saturated heterocycles. The molecular weight excluding hydrogens is 391 g/mol. The van der Waals surface area contributed by atoms with Gasteiger partial charge >= 0.3 is 0 Å². The van der Waals surface area contributed by atoms with Gasteiger partial charge < -0.3 is 9.80 Å². The summed E-state index contributed by atoms with van der Waals surface area (Å²) >= 11 is 5.79. The first-order chi connectivity index (χ1) is 12.8. The van der Waals surface area contributed by atoms with Crippen LogP contribution in [0.1, 0.15) is 5.56 Å². The van der Waals surface area contributed by atoms with Crippen LogP contribution < -0.4 is 4.90 Å². The first-order valence-corrected chi connectivity index (χ1v) is 8.46. The third-order valence-corrected chi connectivity index (χ3v) is 4.66. The van der Waals surface area contributed by atoms with Crippen molar-refractivity contribution in [1.82, 2.24) is 4.90 Å². The maximum atomic E-state index is 13.9. The van der Waals surface area contributed by atoms with Gasteiger partial charge in [-0.15, -0.1) is 0 Å². The Morgan fingerprint density at radius 3 is 1.81 bits per heavy atom. The zero-order valence-corrected chi connectivity index (χ0v) is 14.7. The predicted molar refractivity (Wildman–Crippen MR) is 90.2 cm³/mol. The highest BCUT2D eigenvalue weighted by Crippen LogP contribution is 2.30. The van der Waals surface area contributed by atoms with Gasteiger partial charge in [-0.1, -0.05) is 23.7 Å². The number of piperazine rings is 1. The highest BCUT2D eigenvalue weighted by Gasteiger charge is 2.31. The minimum Gasteiger partial charge on any atom is -0.363 e. The number of carbonyl (C=O) groups is 1. The molecule has 1 fully saturated rings. The summed E-state index contributed by atoms with van der Waals surface area (Å²) in [6, 6.07) is 6.74. The lowest BCUT2D eigenvalue weighted by molar-refractivity contribution is -0.130. The number of amides is 1. The molecule has 3 rings (SSSR count). The molecule has 1 aliphatic rings. The first-order valence-electron chi connectivity index (χ1n) is 8.08. The Morgan fingerprint density at radius 1 is 0.815 bits per heavy atom. The van der Waals surface area contributed by atoms with Gasteiger partial charge in [0.1, 0.15) is 5.69 Å². The monoisotopic (exact) mass is 404 g/mol. The van der Waals surface area contributed by atoms with Gasteiger partial charge in [-0.05, 0) is 17.7 Å². The minimum absolute atomic E-state index is 0.0509. The normalized spacial score (nSPS) is 14.6. The molecule has 3 nitrogen and oxygen atoms in total. The van der Waals surface area contributed by atoms with E-state index in [-0.39, 0.29) is 38.5 Å². The van der Waals surface area contributed by atoms with E-state index in [1.807, 2.05) is 0 Å². The zero-order valence-electron chi connectivity index (χ0n) is 13.9. The van der Waals surface area contributed by atoms with E-state index in [1.54, 1.807) is 24.3 Å². The Kier molecular flexibility index (Phi) is 5.55. The van der Waals surface area contributed by atoms with Crippen LogP contribution in [0.2, 0.25) is 5.02 Å². The number of anilines is 1. The van der Waals surface area contributed by atoms with Crippen LogP contribution in [0.5, 0.6) is 0 Å². The quantitative estimate of drug-likeness (QED) is 0.440. The SMILES string of the molecule is O=C(Cc1ccc(Cl)cc1)N1CCN(c2c(F)c(F)c(F)c(F)c2F)CC1. The molecule has 0 saturated carbocycles. The van der Waals surface area contributed by atoms with Gasteiger partial charge in [0.25, 0.3) is 0 Å². The molecule has 0 aliphatic carbocycles. The second-order valence-electron chi connectivity index (χ2n) is 6.09. The lowest BCUT2D eigenvalue weighted by Gasteiger charge is -2.36. The summed E-state index contributed by atoms with van der Waals surface area (Å²) in [7, 11) is 0. The van der Waals surface area contributed by atoms with Crippen LogP contribution >= 0.6 is 11.6 Å². The van der Waals surface area contributed by atoms with E-state index in [4.69, 9.17) is 11.6 Å². The van der Waals surface area contributed by atoms with Crippen LogP contribution in [0.15, 0.2) is 24.3 Å². The molecule has 0 radical (unpaired) electrons. The van der Waals surface area contributed by atoms with Crippen molar-refractivity contribution in [2.75, 3.05) is 31.1 Å². The number of hydrogen-bond donors (Lipinski definition) is 0. The van der Waals surface area contributed by atoms with Crippen molar-refractivity contribution in [1.29, 1.82) is 0 Å². The maximum absolute atomic E-state index is 13.9. The van der Waals surface area contributed by atoms with Crippen LogP contribution in [-0.4, -0.2) is 37.0 Å². The van der Waals surface area contributed by atoms with Crippen molar-refractivity contribution in [2.45, 2.75) is 6.42 Å². The summed E-state index contributed by atoms with van der Waals surface area (Å²) < 4.78 is 67.7. The van der Waals surface area contributed by atoms with E-state index in [0.717, 1.165) is 10.5 Å². The first kappa shape index (κ1) is 19.4. The molecule has 2 aromatic rings. The van der Waals surface area contributed by atoms with Crippen molar-refractivity contribution >= 4 is 23.2 Å².